The number of carbonyl (C=O) groups is 1. The molecule has 1 saturated carbocycles. The Kier molecular flexibility index (Phi) is 4.67. The molecular formula is C22H22N2O3. The van der Waals surface area contributed by atoms with E-state index in [2.05, 4.69) is 10.5 Å². The van der Waals surface area contributed by atoms with E-state index in [1.807, 2.05) is 55.5 Å². The fourth-order valence-electron chi connectivity index (χ4n) is 3.17. The van der Waals surface area contributed by atoms with E-state index in [1.165, 1.54) is 5.56 Å². The Morgan fingerprint density at radius 3 is 2.48 bits per heavy atom. The quantitative estimate of drug-likeness (QED) is 0.699. The van der Waals surface area contributed by atoms with Crippen molar-refractivity contribution in [3.63, 3.8) is 0 Å². The van der Waals surface area contributed by atoms with Crippen molar-refractivity contribution in [2.24, 2.45) is 5.92 Å². The van der Waals surface area contributed by atoms with Crippen LogP contribution in [0.3, 0.4) is 0 Å². The van der Waals surface area contributed by atoms with Crippen LogP contribution in [0.4, 0.5) is 0 Å². The summed E-state index contributed by atoms with van der Waals surface area (Å²) < 4.78 is 10.5. The largest absolute Gasteiger partial charge is 0.497 e. The predicted octanol–water partition coefficient (Wildman–Crippen LogP) is 4.54. The summed E-state index contributed by atoms with van der Waals surface area (Å²) in [7, 11) is 1.64. The molecule has 1 unspecified atom stereocenters. The Bertz CT molecular complexity index is 925. The van der Waals surface area contributed by atoms with E-state index in [0.717, 1.165) is 29.7 Å². The van der Waals surface area contributed by atoms with Crippen LogP contribution < -0.4 is 10.1 Å². The second-order valence-electron chi connectivity index (χ2n) is 7.00. The van der Waals surface area contributed by atoms with Crippen molar-refractivity contribution in [3.8, 4) is 17.0 Å². The highest BCUT2D eigenvalue weighted by molar-refractivity contribution is 5.92. The molecule has 0 bridgehead atoms. The zero-order valence-corrected chi connectivity index (χ0v) is 15.4. The average Bonchev–Trinajstić information content (AvgIpc) is 3.42. The molecule has 4 rings (SSSR count). The second kappa shape index (κ2) is 7.27. The van der Waals surface area contributed by atoms with Gasteiger partial charge in [0.25, 0.3) is 5.91 Å². The van der Waals surface area contributed by atoms with Gasteiger partial charge in [-0.1, -0.05) is 47.1 Å². The van der Waals surface area contributed by atoms with Gasteiger partial charge in [-0.25, -0.2) is 0 Å². The number of aromatic nitrogens is 1. The molecule has 0 radical (unpaired) electrons. The fourth-order valence-corrected chi connectivity index (χ4v) is 3.17. The molecule has 1 heterocycles. The number of nitrogens with one attached hydrogen (secondary N) is 1. The van der Waals surface area contributed by atoms with E-state index >= 15 is 0 Å². The number of ether oxygens (including phenoxy) is 1. The maximum atomic E-state index is 12.7. The SMILES string of the molecule is COc1ccc(C(NC(=O)c2cc(-c3ccc(C)cc3)no2)C2CC2)cc1. The monoisotopic (exact) mass is 362 g/mol. The Morgan fingerprint density at radius 1 is 1.15 bits per heavy atom. The van der Waals surface area contributed by atoms with Crippen LogP contribution in [0.5, 0.6) is 5.75 Å². The summed E-state index contributed by atoms with van der Waals surface area (Å²) in [6.07, 6.45) is 2.23. The van der Waals surface area contributed by atoms with E-state index in [0.29, 0.717) is 11.6 Å². The summed E-state index contributed by atoms with van der Waals surface area (Å²) >= 11 is 0. The second-order valence-corrected chi connectivity index (χ2v) is 7.00. The van der Waals surface area contributed by atoms with Gasteiger partial charge in [0.05, 0.1) is 13.2 Å². The molecule has 27 heavy (non-hydrogen) atoms. The van der Waals surface area contributed by atoms with Gasteiger partial charge in [-0.15, -0.1) is 0 Å². The Balaban J connectivity index is 1.50. The highest BCUT2D eigenvalue weighted by Crippen LogP contribution is 2.41. The van der Waals surface area contributed by atoms with Crippen molar-refractivity contribution in [1.82, 2.24) is 10.5 Å². The Morgan fingerprint density at radius 2 is 1.85 bits per heavy atom. The van der Waals surface area contributed by atoms with Crippen LogP contribution in [0.25, 0.3) is 11.3 Å². The molecule has 1 fully saturated rings. The van der Waals surface area contributed by atoms with Crippen LogP contribution in [0.15, 0.2) is 59.1 Å². The Labute approximate surface area is 158 Å². The molecule has 2 aromatic carbocycles. The van der Waals surface area contributed by atoms with Crippen molar-refractivity contribution in [2.75, 3.05) is 7.11 Å². The standard InChI is InChI=1S/C22H22N2O3/c1-14-3-5-15(6-4-14)19-13-20(27-24-19)22(25)23-21(16-7-8-16)17-9-11-18(26-2)12-10-17/h3-6,9-13,16,21H,7-8H2,1-2H3,(H,23,25). The van der Waals surface area contributed by atoms with Gasteiger partial charge >= 0.3 is 0 Å². The highest BCUT2D eigenvalue weighted by Gasteiger charge is 2.34. The minimum absolute atomic E-state index is 0.0312. The number of hydrogen-bond acceptors (Lipinski definition) is 4. The predicted molar refractivity (Wildman–Crippen MR) is 103 cm³/mol. The van der Waals surface area contributed by atoms with Crippen molar-refractivity contribution < 1.29 is 14.1 Å². The molecule has 0 spiro atoms. The van der Waals surface area contributed by atoms with Crippen LogP contribution >= 0.6 is 0 Å². The van der Waals surface area contributed by atoms with Crippen LogP contribution in [-0.4, -0.2) is 18.2 Å². The van der Waals surface area contributed by atoms with E-state index in [9.17, 15) is 4.79 Å². The van der Waals surface area contributed by atoms with Gasteiger partial charge in [0.15, 0.2) is 0 Å². The van der Waals surface area contributed by atoms with Gasteiger partial charge < -0.3 is 14.6 Å². The first-order valence-electron chi connectivity index (χ1n) is 9.12. The molecule has 0 aliphatic heterocycles. The van der Waals surface area contributed by atoms with Crippen molar-refractivity contribution in [2.45, 2.75) is 25.8 Å². The van der Waals surface area contributed by atoms with Crippen molar-refractivity contribution in [3.05, 3.63) is 71.5 Å². The topological polar surface area (TPSA) is 64.4 Å². The zero-order chi connectivity index (χ0) is 18.8. The molecule has 1 N–H and O–H groups in total. The van der Waals surface area contributed by atoms with Gasteiger partial charge in [-0.2, -0.15) is 0 Å². The molecule has 5 nitrogen and oxygen atoms in total. The minimum atomic E-state index is -0.242. The van der Waals surface area contributed by atoms with Gasteiger partial charge in [0, 0.05) is 11.6 Å². The molecule has 0 saturated heterocycles. The van der Waals surface area contributed by atoms with Gasteiger partial charge in [-0.3, -0.25) is 4.79 Å². The maximum absolute atomic E-state index is 12.7. The summed E-state index contributed by atoms with van der Waals surface area (Å²) in [5.74, 6) is 1.25. The molecule has 138 valence electrons. The Hall–Kier alpha value is -3.08. The number of benzene rings is 2. The number of hydrogen-bond donors (Lipinski definition) is 1. The number of amides is 1. The molecule has 1 aromatic heterocycles. The normalized spacial score (nSPS) is 14.6. The van der Waals surface area contributed by atoms with Crippen LogP contribution in [0.1, 0.15) is 40.6 Å². The molecule has 1 atom stereocenters. The third-order valence-electron chi connectivity index (χ3n) is 4.94. The first-order valence-corrected chi connectivity index (χ1v) is 9.12. The third-order valence-corrected chi connectivity index (χ3v) is 4.94. The lowest BCUT2D eigenvalue weighted by atomic mass is 10.0. The molecule has 3 aromatic rings. The van der Waals surface area contributed by atoms with Crippen LogP contribution in [-0.2, 0) is 0 Å². The smallest absolute Gasteiger partial charge is 0.290 e. The molecular weight excluding hydrogens is 340 g/mol. The summed E-state index contributed by atoms with van der Waals surface area (Å²) in [4.78, 5) is 12.7. The van der Waals surface area contributed by atoms with E-state index < -0.39 is 0 Å². The maximum Gasteiger partial charge on any atom is 0.290 e. The first-order chi connectivity index (χ1) is 13.1. The summed E-state index contributed by atoms with van der Waals surface area (Å²) in [6, 6.07) is 17.5. The summed E-state index contributed by atoms with van der Waals surface area (Å²) in [5.41, 5.74) is 3.83. The van der Waals surface area contributed by atoms with E-state index in [4.69, 9.17) is 9.26 Å². The average molecular weight is 362 g/mol. The molecule has 1 aliphatic rings. The third kappa shape index (κ3) is 3.87. The van der Waals surface area contributed by atoms with Gasteiger partial charge in [0.1, 0.15) is 11.4 Å². The van der Waals surface area contributed by atoms with E-state index in [-0.39, 0.29) is 17.7 Å². The number of methoxy groups -OCH3 is 1. The van der Waals surface area contributed by atoms with Crippen molar-refractivity contribution >= 4 is 5.91 Å². The van der Waals surface area contributed by atoms with Crippen LogP contribution in [0.2, 0.25) is 0 Å². The molecule has 1 aliphatic carbocycles. The van der Waals surface area contributed by atoms with Gasteiger partial charge in [-0.05, 0) is 43.4 Å². The van der Waals surface area contributed by atoms with Crippen molar-refractivity contribution in [1.29, 1.82) is 0 Å². The number of aryl methyl sites for hydroxylation is 1. The zero-order valence-electron chi connectivity index (χ0n) is 15.4. The van der Waals surface area contributed by atoms with Crippen LogP contribution in [0, 0.1) is 12.8 Å². The number of carbonyl (C=O) groups excluding carboxylic acids is 1. The lowest BCUT2D eigenvalue weighted by Crippen LogP contribution is -2.29. The number of rotatable bonds is 6. The first kappa shape index (κ1) is 17.3. The van der Waals surface area contributed by atoms with E-state index in [1.54, 1.807) is 13.2 Å². The summed E-state index contributed by atoms with van der Waals surface area (Å²) in [6.45, 7) is 2.03. The fraction of sp³-hybridized carbons (Fsp3) is 0.273. The highest BCUT2D eigenvalue weighted by atomic mass is 16.5. The molecule has 1 amide bonds. The lowest BCUT2D eigenvalue weighted by Gasteiger charge is -2.18. The lowest BCUT2D eigenvalue weighted by molar-refractivity contribution is 0.0894. The van der Waals surface area contributed by atoms with Gasteiger partial charge in [0.2, 0.25) is 5.76 Å². The summed E-state index contributed by atoms with van der Waals surface area (Å²) in [5, 5.41) is 7.16. The number of nitrogens with zero attached hydrogens (tertiary/aromatic N) is 1. The molecule has 5 heteroatoms. The minimum Gasteiger partial charge on any atom is -0.497 e.